The number of carbonyl (C=O) groups is 2. The minimum atomic E-state index is -5.08. The van der Waals surface area contributed by atoms with Gasteiger partial charge in [0.05, 0.1) is 54.1 Å². The molecule has 2 aromatic carbocycles. The Kier molecular flexibility index (Phi) is 20.0. The summed E-state index contributed by atoms with van der Waals surface area (Å²) in [5.41, 5.74) is 1.69. The molecule has 1 aliphatic rings. The van der Waals surface area contributed by atoms with Crippen LogP contribution in [-0.4, -0.2) is 69.8 Å². The number of hydrazone groups is 2. The van der Waals surface area contributed by atoms with E-state index in [1.54, 1.807) is 19.9 Å². The number of anilines is 2. The van der Waals surface area contributed by atoms with Gasteiger partial charge in [0.1, 0.15) is 5.71 Å². The van der Waals surface area contributed by atoms with Crippen LogP contribution >= 0.6 is 0 Å². The number of hydrogen-bond donors (Lipinski definition) is 1. The van der Waals surface area contributed by atoms with E-state index in [0.29, 0.717) is 12.9 Å². The normalized spacial score (nSPS) is 13.7. The van der Waals surface area contributed by atoms with Gasteiger partial charge in [-0.3, -0.25) is 10.4 Å². The molecule has 0 bridgehead atoms. The summed E-state index contributed by atoms with van der Waals surface area (Å²) < 4.78 is 110. The number of rotatable bonds is 8. The second-order valence-electron chi connectivity index (χ2n) is 8.99. The Morgan fingerprint density at radius 1 is 1.02 bits per heavy atom. The number of nitrogens with zero attached hydrogens (tertiary/aromatic N) is 5. The summed E-state index contributed by atoms with van der Waals surface area (Å²) in [7, 11) is -4.37. The Labute approximate surface area is 291 Å². The lowest BCUT2D eigenvalue weighted by atomic mass is 10.1. The van der Waals surface area contributed by atoms with Crippen LogP contribution in [0.4, 0.5) is 37.7 Å². The number of ether oxygens (including phenoxy) is 2. The third-order valence-electron chi connectivity index (χ3n) is 5.24. The highest BCUT2D eigenvalue weighted by atomic mass is 32.2. The molecule has 1 N–H and O–H groups in total. The van der Waals surface area contributed by atoms with Gasteiger partial charge in [0.15, 0.2) is 6.04 Å². The molecule has 20 heteroatoms. The highest BCUT2D eigenvalue weighted by molar-refractivity contribution is 7.86. The molecule has 3 rings (SSSR count). The molecule has 0 spiro atoms. The van der Waals surface area contributed by atoms with Crippen molar-refractivity contribution in [3.05, 3.63) is 72.3 Å². The maximum atomic E-state index is 12.9. The first-order valence-corrected chi connectivity index (χ1v) is 15.3. The van der Waals surface area contributed by atoms with Crippen LogP contribution in [0.2, 0.25) is 0 Å². The molecular weight excluding hydrogens is 714 g/mol. The average Bonchev–Trinajstić information content (AvgIpc) is 3.50. The molecule has 0 aromatic heterocycles. The van der Waals surface area contributed by atoms with Crippen LogP contribution < -0.4 is 10.4 Å². The van der Waals surface area contributed by atoms with Crippen molar-refractivity contribution in [1.29, 1.82) is 10.5 Å². The van der Waals surface area contributed by atoms with E-state index in [2.05, 4.69) is 25.7 Å². The Balaban J connectivity index is 0. The number of nitriles is 2. The lowest BCUT2D eigenvalue weighted by molar-refractivity contribution is -0.144. The molecule has 0 radical (unpaired) electrons. The SMILES string of the molecule is C.C.C=CC(=O)OCC.CCOC(=O)C1CC(C(F)(F)F)=NN1c1cccc(C#N)c1.CS(=O)(=O)O/C(=N\Nc1cccc(C#N)c1)C(F)(F)F. The molecule has 0 saturated heterocycles. The molecule has 0 aliphatic carbocycles. The van der Waals surface area contributed by atoms with Gasteiger partial charge >= 0.3 is 40.3 Å². The van der Waals surface area contributed by atoms with E-state index in [1.807, 2.05) is 11.5 Å². The fraction of sp³-hybridized carbons (Fsp3) is 0.355. The zero-order chi connectivity index (χ0) is 37.4. The number of benzene rings is 2. The van der Waals surface area contributed by atoms with Gasteiger partial charge in [-0.1, -0.05) is 33.6 Å². The summed E-state index contributed by atoms with van der Waals surface area (Å²) in [6.45, 7) is 7.00. The molecular formula is C31H36F6N6O7S. The lowest BCUT2D eigenvalue weighted by Gasteiger charge is -2.21. The highest BCUT2D eigenvalue weighted by Gasteiger charge is 2.46. The van der Waals surface area contributed by atoms with Crippen molar-refractivity contribution in [3.63, 3.8) is 0 Å². The Hall–Kier alpha value is -5.63. The Bertz CT molecular complexity index is 1730. The predicted molar refractivity (Wildman–Crippen MR) is 177 cm³/mol. The predicted octanol–water partition coefficient (Wildman–Crippen LogP) is 6.45. The third kappa shape index (κ3) is 17.0. The number of halogens is 6. The van der Waals surface area contributed by atoms with Gasteiger partial charge in [-0.25, -0.2) is 9.59 Å². The fourth-order valence-corrected chi connectivity index (χ4v) is 3.73. The first-order chi connectivity index (χ1) is 22.8. The monoisotopic (exact) mass is 750 g/mol. The number of nitrogens with one attached hydrogen (secondary N) is 1. The van der Waals surface area contributed by atoms with E-state index in [1.165, 1.54) is 48.5 Å². The zero-order valence-electron chi connectivity index (χ0n) is 25.9. The van der Waals surface area contributed by atoms with E-state index < -0.39 is 52.5 Å². The Morgan fingerprint density at radius 2 is 1.57 bits per heavy atom. The molecule has 1 heterocycles. The van der Waals surface area contributed by atoms with Crippen LogP contribution in [0.5, 0.6) is 0 Å². The number of hydrogen-bond acceptors (Lipinski definition) is 13. The highest BCUT2D eigenvalue weighted by Crippen LogP contribution is 2.32. The van der Waals surface area contributed by atoms with Gasteiger partial charge in [-0.05, 0) is 50.2 Å². The zero-order valence-corrected chi connectivity index (χ0v) is 26.7. The summed E-state index contributed by atoms with van der Waals surface area (Å²) in [6, 6.07) is 13.8. The summed E-state index contributed by atoms with van der Waals surface area (Å²) in [5, 5.41) is 24.8. The van der Waals surface area contributed by atoms with E-state index >= 15 is 0 Å². The van der Waals surface area contributed by atoms with Crippen molar-refractivity contribution in [1.82, 2.24) is 0 Å². The van der Waals surface area contributed by atoms with Crippen molar-refractivity contribution in [3.8, 4) is 12.1 Å². The van der Waals surface area contributed by atoms with Gasteiger partial charge in [-0.15, -0.1) is 5.10 Å². The van der Waals surface area contributed by atoms with Crippen LogP contribution in [0.25, 0.3) is 0 Å². The van der Waals surface area contributed by atoms with E-state index in [0.717, 1.165) is 11.1 Å². The summed E-state index contributed by atoms with van der Waals surface area (Å²) in [4.78, 5) is 22.0. The maximum Gasteiger partial charge on any atom is 0.471 e. The van der Waals surface area contributed by atoms with E-state index in [4.69, 9.17) is 15.3 Å². The molecule has 51 heavy (non-hydrogen) atoms. The van der Waals surface area contributed by atoms with Crippen LogP contribution in [0.15, 0.2) is 71.4 Å². The molecule has 280 valence electrons. The smallest absolute Gasteiger partial charge is 0.464 e. The minimum Gasteiger partial charge on any atom is -0.464 e. The second-order valence-corrected chi connectivity index (χ2v) is 10.6. The molecule has 1 unspecified atom stereocenters. The molecule has 0 saturated carbocycles. The summed E-state index contributed by atoms with van der Waals surface area (Å²) in [5.74, 6) is -3.10. The molecule has 2 aromatic rings. The van der Waals surface area contributed by atoms with Crippen molar-refractivity contribution < 1.29 is 58.0 Å². The second kappa shape index (κ2) is 21.5. The van der Waals surface area contributed by atoms with Crippen LogP contribution in [0, 0.1) is 22.7 Å². The summed E-state index contributed by atoms with van der Waals surface area (Å²) >= 11 is 0. The number of carbonyl (C=O) groups excluding carboxylic acids is 2. The van der Waals surface area contributed by atoms with Crippen molar-refractivity contribution in [2.24, 2.45) is 10.2 Å². The van der Waals surface area contributed by atoms with E-state index in [-0.39, 0.29) is 49.9 Å². The number of esters is 2. The first kappa shape index (κ1) is 47.5. The van der Waals surface area contributed by atoms with Gasteiger partial charge in [0, 0.05) is 12.5 Å². The standard InChI is InChI=1S/C14H12F3N3O2.C10H8F3N3O3S.C5H8O2.2CH4/c1-2-22-13(21)11-7-12(14(15,16)17)19-20(11)10-5-3-4-9(6-10)8-18;1-20(17,18)19-9(10(11,12)13)16-15-8-4-2-3-7(5-8)6-14;1-3-5(6)7-4-2;;/h3-6,11H,2,7H2,1H3;2-5,15H,1H3;3H,1,4H2,2H3;2*1H4/b;16-9-;;;. The largest absolute Gasteiger partial charge is 0.471 e. The van der Waals surface area contributed by atoms with Crippen LogP contribution in [0.1, 0.15) is 46.2 Å². The third-order valence-corrected chi connectivity index (χ3v) is 5.70. The minimum absolute atomic E-state index is 0. The van der Waals surface area contributed by atoms with Gasteiger partial charge in [0.2, 0.25) is 0 Å². The number of alkyl halides is 6. The summed E-state index contributed by atoms with van der Waals surface area (Å²) in [6.07, 6.45) is -8.68. The topological polar surface area (TPSA) is 184 Å². The first-order valence-electron chi connectivity index (χ1n) is 13.5. The molecule has 13 nitrogen and oxygen atoms in total. The van der Waals surface area contributed by atoms with Crippen molar-refractivity contribution in [2.45, 2.75) is 53.5 Å². The van der Waals surface area contributed by atoms with E-state index in [9.17, 15) is 44.3 Å². The maximum absolute atomic E-state index is 12.9. The molecule has 1 atom stereocenters. The molecule has 0 amide bonds. The molecule has 0 fully saturated rings. The Morgan fingerprint density at radius 3 is 2.02 bits per heavy atom. The van der Waals surface area contributed by atoms with Crippen molar-refractivity contribution >= 4 is 45.0 Å². The molecule has 1 aliphatic heterocycles. The van der Waals surface area contributed by atoms with Gasteiger partial charge in [-0.2, -0.15) is 50.4 Å². The lowest BCUT2D eigenvalue weighted by Crippen LogP contribution is -2.36. The average molecular weight is 751 g/mol. The quantitative estimate of drug-likeness (QED) is 0.0595. The van der Waals surface area contributed by atoms with Gasteiger partial charge in [0.25, 0.3) is 0 Å². The van der Waals surface area contributed by atoms with Crippen molar-refractivity contribution in [2.75, 3.05) is 29.9 Å². The van der Waals surface area contributed by atoms with Crippen LogP contribution in [0.3, 0.4) is 0 Å². The van der Waals surface area contributed by atoms with Gasteiger partial charge < -0.3 is 13.7 Å². The fourth-order valence-electron chi connectivity index (χ4n) is 3.31. The van der Waals surface area contributed by atoms with Crippen LogP contribution in [-0.2, 0) is 33.4 Å².